The van der Waals surface area contributed by atoms with Crippen LogP contribution in [0.4, 0.5) is 5.82 Å². The van der Waals surface area contributed by atoms with Gasteiger partial charge in [-0.2, -0.15) is 0 Å². The van der Waals surface area contributed by atoms with Crippen molar-refractivity contribution >= 4 is 15.8 Å². The van der Waals surface area contributed by atoms with Crippen molar-refractivity contribution < 1.29 is 8.42 Å². The van der Waals surface area contributed by atoms with Crippen molar-refractivity contribution in [2.24, 2.45) is 5.92 Å². The number of nitrogens with one attached hydrogen (secondary N) is 2. The second-order valence-corrected chi connectivity index (χ2v) is 8.25. The fraction of sp³-hybridized carbons (Fsp3) is 0.471. The summed E-state index contributed by atoms with van der Waals surface area (Å²) < 4.78 is 25.7. The lowest BCUT2D eigenvalue weighted by Crippen LogP contribution is -2.39. The van der Waals surface area contributed by atoms with Gasteiger partial charge in [0.15, 0.2) is 0 Å². The first-order valence-corrected chi connectivity index (χ1v) is 10.3. The lowest BCUT2D eigenvalue weighted by atomic mass is 10.0. The van der Waals surface area contributed by atoms with Gasteiger partial charge in [-0.1, -0.05) is 12.5 Å². The Balaban J connectivity index is 1.70. The van der Waals surface area contributed by atoms with E-state index in [0.717, 1.165) is 36.5 Å². The molecule has 8 heteroatoms. The van der Waals surface area contributed by atoms with Crippen molar-refractivity contribution in [3.05, 3.63) is 36.3 Å². The normalized spacial score (nSPS) is 20.6. The zero-order chi connectivity index (χ0) is 17.9. The second-order valence-electron chi connectivity index (χ2n) is 6.47. The number of nitrogens with zero attached hydrogens (tertiary/aromatic N) is 3. The van der Waals surface area contributed by atoms with E-state index in [1.54, 1.807) is 6.20 Å². The van der Waals surface area contributed by atoms with Crippen LogP contribution in [0.1, 0.15) is 25.1 Å². The Morgan fingerprint density at radius 1 is 1.20 bits per heavy atom. The minimum atomic E-state index is -3.18. The molecule has 25 heavy (non-hydrogen) atoms. The average Bonchev–Trinajstić information content (AvgIpc) is 2.98. The van der Waals surface area contributed by atoms with Crippen LogP contribution in [0.25, 0.3) is 11.4 Å². The fourth-order valence-electron chi connectivity index (χ4n) is 3.25. The van der Waals surface area contributed by atoms with Crippen molar-refractivity contribution in [2.75, 3.05) is 18.1 Å². The summed E-state index contributed by atoms with van der Waals surface area (Å²) in [7, 11) is -3.18. The van der Waals surface area contributed by atoms with Gasteiger partial charge in [0.25, 0.3) is 0 Å². The van der Waals surface area contributed by atoms with Gasteiger partial charge in [0.05, 0.1) is 17.6 Å². The predicted octanol–water partition coefficient (Wildman–Crippen LogP) is 1.98. The van der Waals surface area contributed by atoms with Gasteiger partial charge in [0.2, 0.25) is 10.0 Å². The van der Waals surface area contributed by atoms with Crippen LogP contribution in [0.15, 0.2) is 30.5 Å². The summed E-state index contributed by atoms with van der Waals surface area (Å²) in [6.07, 6.45) is 5.85. The Bertz CT molecular complexity index is 826. The Kier molecular flexibility index (Phi) is 5.29. The van der Waals surface area contributed by atoms with Crippen LogP contribution < -0.4 is 10.0 Å². The molecule has 1 saturated carbocycles. The van der Waals surface area contributed by atoms with Gasteiger partial charge >= 0.3 is 0 Å². The molecule has 2 heterocycles. The van der Waals surface area contributed by atoms with Crippen LogP contribution in [-0.2, 0) is 10.0 Å². The predicted molar refractivity (Wildman–Crippen MR) is 97.6 cm³/mol. The highest BCUT2D eigenvalue weighted by atomic mass is 32.2. The van der Waals surface area contributed by atoms with E-state index in [2.05, 4.69) is 25.0 Å². The molecule has 2 N–H and O–H groups in total. The minimum absolute atomic E-state index is 0.0132. The molecule has 0 aliphatic heterocycles. The van der Waals surface area contributed by atoms with Crippen LogP contribution in [0.2, 0.25) is 0 Å². The van der Waals surface area contributed by atoms with E-state index in [4.69, 9.17) is 0 Å². The number of hydrogen-bond acceptors (Lipinski definition) is 6. The number of sulfonamides is 1. The van der Waals surface area contributed by atoms with Crippen LogP contribution >= 0.6 is 0 Å². The smallest absolute Gasteiger partial charge is 0.208 e. The number of aryl methyl sites for hydroxylation is 1. The third kappa shape index (κ3) is 4.96. The molecule has 2 aromatic rings. The Hall–Kier alpha value is -2.06. The van der Waals surface area contributed by atoms with Gasteiger partial charge in [-0.05, 0) is 37.8 Å². The van der Waals surface area contributed by atoms with Gasteiger partial charge in [-0.15, -0.1) is 0 Å². The third-order valence-corrected chi connectivity index (χ3v) is 5.07. The summed E-state index contributed by atoms with van der Waals surface area (Å²) in [5.74, 6) is 1.66. The van der Waals surface area contributed by atoms with E-state index in [-0.39, 0.29) is 12.0 Å². The zero-order valence-electron chi connectivity index (χ0n) is 14.4. The summed E-state index contributed by atoms with van der Waals surface area (Å²) >= 11 is 0. The largest absolute Gasteiger partial charge is 0.370 e. The topological polar surface area (TPSA) is 96.9 Å². The number of aromatic nitrogens is 3. The Labute approximate surface area is 148 Å². The lowest BCUT2D eigenvalue weighted by molar-refractivity contribution is 0.463. The molecule has 134 valence electrons. The molecule has 0 amide bonds. The van der Waals surface area contributed by atoms with Gasteiger partial charge in [-0.3, -0.25) is 4.98 Å². The molecule has 1 aliphatic carbocycles. The van der Waals surface area contributed by atoms with Crippen molar-refractivity contribution in [3.8, 4) is 11.4 Å². The third-order valence-electron chi connectivity index (χ3n) is 4.34. The maximum Gasteiger partial charge on any atom is 0.208 e. The van der Waals surface area contributed by atoms with Crippen LogP contribution in [0.5, 0.6) is 0 Å². The molecule has 0 radical (unpaired) electrons. The summed E-state index contributed by atoms with van der Waals surface area (Å²) in [6, 6.07) is 7.57. The molecule has 0 bridgehead atoms. The van der Waals surface area contributed by atoms with Crippen molar-refractivity contribution in [2.45, 2.75) is 32.2 Å². The highest BCUT2D eigenvalue weighted by molar-refractivity contribution is 7.88. The molecule has 0 saturated heterocycles. The molecule has 1 aliphatic rings. The Morgan fingerprint density at radius 3 is 2.76 bits per heavy atom. The van der Waals surface area contributed by atoms with E-state index in [1.165, 1.54) is 6.26 Å². The number of rotatable bonds is 6. The molecule has 1 fully saturated rings. The summed E-state index contributed by atoms with van der Waals surface area (Å²) in [5, 5.41) is 3.34. The zero-order valence-corrected chi connectivity index (χ0v) is 15.3. The standard InChI is InChI=1S/C17H23N5O2S/c1-12-20-16(15-7-3-4-9-18-15)10-17(21-12)19-11-13-6-5-8-14(13)22-25(2,23)24/h3-4,7,9-10,13-14,22H,5-6,8,11H2,1-2H3,(H,19,20,21). The molecule has 3 rings (SSSR count). The van der Waals surface area contributed by atoms with Crippen molar-refractivity contribution in [3.63, 3.8) is 0 Å². The first-order chi connectivity index (χ1) is 11.9. The molecule has 0 spiro atoms. The highest BCUT2D eigenvalue weighted by Gasteiger charge is 2.29. The minimum Gasteiger partial charge on any atom is -0.370 e. The van der Waals surface area contributed by atoms with Gasteiger partial charge in [-0.25, -0.2) is 23.1 Å². The fourth-order valence-corrected chi connectivity index (χ4v) is 4.11. The molecular formula is C17H23N5O2S. The molecule has 2 unspecified atom stereocenters. The molecule has 7 nitrogen and oxygen atoms in total. The van der Waals surface area contributed by atoms with Crippen LogP contribution in [0, 0.1) is 12.8 Å². The Morgan fingerprint density at radius 2 is 2.04 bits per heavy atom. The first kappa shape index (κ1) is 17.8. The van der Waals surface area contributed by atoms with Crippen LogP contribution in [-0.4, -0.2) is 42.2 Å². The van der Waals surface area contributed by atoms with Crippen molar-refractivity contribution in [1.82, 2.24) is 19.7 Å². The molecule has 2 aromatic heterocycles. The van der Waals surface area contributed by atoms with Gasteiger partial charge in [0, 0.05) is 24.8 Å². The molecular weight excluding hydrogens is 338 g/mol. The summed E-state index contributed by atoms with van der Waals surface area (Å²) in [4.78, 5) is 13.2. The van der Waals surface area contributed by atoms with Gasteiger partial charge in [0.1, 0.15) is 11.6 Å². The number of hydrogen-bond donors (Lipinski definition) is 2. The second kappa shape index (κ2) is 7.45. The summed E-state index contributed by atoms with van der Waals surface area (Å²) in [6.45, 7) is 2.52. The van der Waals surface area contributed by atoms with E-state index in [0.29, 0.717) is 12.4 Å². The van der Waals surface area contributed by atoms with E-state index < -0.39 is 10.0 Å². The highest BCUT2D eigenvalue weighted by Crippen LogP contribution is 2.27. The number of pyridine rings is 1. The average molecular weight is 361 g/mol. The molecule has 2 atom stereocenters. The maximum absolute atomic E-state index is 11.5. The SMILES string of the molecule is Cc1nc(NCC2CCCC2NS(C)(=O)=O)cc(-c2ccccn2)n1. The van der Waals surface area contributed by atoms with E-state index in [1.807, 2.05) is 31.2 Å². The van der Waals surface area contributed by atoms with E-state index in [9.17, 15) is 8.42 Å². The monoisotopic (exact) mass is 361 g/mol. The quantitative estimate of drug-likeness (QED) is 0.816. The number of anilines is 1. The van der Waals surface area contributed by atoms with Crippen LogP contribution in [0.3, 0.4) is 0 Å². The first-order valence-electron chi connectivity index (χ1n) is 8.39. The molecule has 0 aromatic carbocycles. The van der Waals surface area contributed by atoms with E-state index >= 15 is 0 Å². The summed E-state index contributed by atoms with van der Waals surface area (Å²) in [5.41, 5.74) is 1.57. The van der Waals surface area contributed by atoms with Gasteiger partial charge < -0.3 is 5.32 Å². The maximum atomic E-state index is 11.5. The lowest BCUT2D eigenvalue weighted by Gasteiger charge is -2.20. The van der Waals surface area contributed by atoms with Crippen molar-refractivity contribution in [1.29, 1.82) is 0 Å².